The first-order valence-corrected chi connectivity index (χ1v) is 7.58. The number of ether oxygens (including phenoxy) is 1. The van der Waals surface area contributed by atoms with Gasteiger partial charge in [-0.3, -0.25) is 9.59 Å². The maximum Gasteiger partial charge on any atom is 0.255 e. The molecule has 0 aliphatic heterocycles. The molecular weight excluding hydrogens is 304 g/mol. The molecule has 0 aliphatic rings. The second-order valence-electron chi connectivity index (χ2n) is 5.65. The SMILES string of the molecule is COc1ccc(C(=O)Nc2ccc3c(C)c(C)c(=O)[nH]c3c2)cc1. The quantitative estimate of drug-likeness (QED) is 0.776. The summed E-state index contributed by atoms with van der Waals surface area (Å²) < 4.78 is 5.08. The Balaban J connectivity index is 1.90. The summed E-state index contributed by atoms with van der Waals surface area (Å²) in [6, 6.07) is 12.4. The number of pyridine rings is 1. The highest BCUT2D eigenvalue weighted by Gasteiger charge is 2.09. The van der Waals surface area contributed by atoms with E-state index in [4.69, 9.17) is 4.74 Å². The molecule has 24 heavy (non-hydrogen) atoms. The van der Waals surface area contributed by atoms with E-state index in [1.165, 1.54) is 0 Å². The van der Waals surface area contributed by atoms with Gasteiger partial charge in [0.2, 0.25) is 0 Å². The maximum atomic E-state index is 12.3. The number of anilines is 1. The van der Waals surface area contributed by atoms with Crippen molar-refractivity contribution in [2.45, 2.75) is 13.8 Å². The molecular formula is C19H18N2O3. The van der Waals surface area contributed by atoms with Gasteiger partial charge in [0.1, 0.15) is 5.75 Å². The van der Waals surface area contributed by atoms with Crippen molar-refractivity contribution >= 4 is 22.5 Å². The number of methoxy groups -OCH3 is 1. The molecule has 2 aromatic carbocycles. The van der Waals surface area contributed by atoms with Crippen molar-refractivity contribution in [1.82, 2.24) is 4.98 Å². The van der Waals surface area contributed by atoms with Gasteiger partial charge < -0.3 is 15.0 Å². The lowest BCUT2D eigenvalue weighted by Gasteiger charge is -2.09. The van der Waals surface area contributed by atoms with Gasteiger partial charge >= 0.3 is 0 Å². The smallest absolute Gasteiger partial charge is 0.255 e. The molecule has 1 heterocycles. The van der Waals surface area contributed by atoms with Crippen molar-refractivity contribution in [1.29, 1.82) is 0 Å². The van der Waals surface area contributed by atoms with E-state index in [-0.39, 0.29) is 11.5 Å². The lowest BCUT2D eigenvalue weighted by Crippen LogP contribution is -2.13. The Morgan fingerprint density at radius 3 is 2.42 bits per heavy atom. The normalized spacial score (nSPS) is 10.6. The molecule has 0 saturated heterocycles. The fourth-order valence-electron chi connectivity index (χ4n) is 2.59. The van der Waals surface area contributed by atoms with E-state index in [0.717, 1.165) is 10.9 Å². The first-order chi connectivity index (χ1) is 11.5. The van der Waals surface area contributed by atoms with Crippen molar-refractivity contribution < 1.29 is 9.53 Å². The molecule has 3 aromatic rings. The number of nitrogens with one attached hydrogen (secondary N) is 2. The predicted molar refractivity (Wildman–Crippen MR) is 95.0 cm³/mol. The van der Waals surface area contributed by atoms with E-state index in [1.54, 1.807) is 44.4 Å². The number of carbonyl (C=O) groups is 1. The van der Waals surface area contributed by atoms with Crippen molar-refractivity contribution in [2.24, 2.45) is 0 Å². The van der Waals surface area contributed by atoms with Crippen LogP contribution in [-0.2, 0) is 0 Å². The highest BCUT2D eigenvalue weighted by molar-refractivity contribution is 6.05. The molecule has 3 rings (SSSR count). The molecule has 1 aromatic heterocycles. The number of aromatic amines is 1. The molecule has 0 fully saturated rings. The van der Waals surface area contributed by atoms with Crippen LogP contribution in [0.2, 0.25) is 0 Å². The zero-order chi connectivity index (χ0) is 17.3. The van der Waals surface area contributed by atoms with Crippen LogP contribution in [-0.4, -0.2) is 18.0 Å². The topological polar surface area (TPSA) is 71.2 Å². The Morgan fingerprint density at radius 2 is 1.75 bits per heavy atom. The highest BCUT2D eigenvalue weighted by atomic mass is 16.5. The highest BCUT2D eigenvalue weighted by Crippen LogP contribution is 2.21. The standard InChI is InChI=1S/C19H18N2O3/c1-11-12(2)18(22)21-17-10-14(6-9-16(11)17)20-19(23)13-4-7-15(24-3)8-5-13/h4-10H,1-3H3,(H,20,23)(H,21,22). The van der Waals surface area contributed by atoms with Gasteiger partial charge in [0, 0.05) is 22.2 Å². The minimum atomic E-state index is -0.219. The number of amides is 1. The van der Waals surface area contributed by atoms with Crippen LogP contribution in [0, 0.1) is 13.8 Å². The Bertz CT molecular complexity index is 972. The number of carbonyl (C=O) groups excluding carboxylic acids is 1. The largest absolute Gasteiger partial charge is 0.497 e. The van der Waals surface area contributed by atoms with Gasteiger partial charge in [-0.15, -0.1) is 0 Å². The van der Waals surface area contributed by atoms with Gasteiger partial charge in [-0.05, 0) is 55.8 Å². The molecule has 0 aliphatic carbocycles. The van der Waals surface area contributed by atoms with Crippen molar-refractivity contribution in [3.05, 3.63) is 69.5 Å². The number of H-pyrrole nitrogens is 1. The third-order valence-corrected chi connectivity index (χ3v) is 4.18. The minimum absolute atomic E-state index is 0.112. The number of fused-ring (bicyclic) bond motifs is 1. The molecule has 1 amide bonds. The summed E-state index contributed by atoms with van der Waals surface area (Å²) in [4.78, 5) is 27.1. The summed E-state index contributed by atoms with van der Waals surface area (Å²) in [5, 5.41) is 3.81. The van der Waals surface area contributed by atoms with Crippen LogP contribution in [0.4, 0.5) is 5.69 Å². The number of rotatable bonds is 3. The average Bonchev–Trinajstić information content (AvgIpc) is 2.59. The van der Waals surface area contributed by atoms with Crippen LogP contribution in [0.3, 0.4) is 0 Å². The number of hydrogen-bond donors (Lipinski definition) is 2. The van der Waals surface area contributed by atoms with Crippen molar-refractivity contribution in [3.63, 3.8) is 0 Å². The first kappa shape index (κ1) is 15.8. The second-order valence-corrected chi connectivity index (χ2v) is 5.65. The Kier molecular flexibility index (Phi) is 4.08. The molecule has 5 heteroatoms. The van der Waals surface area contributed by atoms with Crippen LogP contribution in [0.5, 0.6) is 5.75 Å². The summed E-state index contributed by atoms with van der Waals surface area (Å²) in [7, 11) is 1.58. The lowest BCUT2D eigenvalue weighted by molar-refractivity contribution is 0.102. The molecule has 5 nitrogen and oxygen atoms in total. The molecule has 0 bridgehead atoms. The zero-order valence-corrected chi connectivity index (χ0v) is 13.8. The summed E-state index contributed by atoms with van der Waals surface area (Å²) in [5.41, 5.74) is 3.40. The third-order valence-electron chi connectivity index (χ3n) is 4.18. The Morgan fingerprint density at radius 1 is 1.04 bits per heavy atom. The fraction of sp³-hybridized carbons (Fsp3) is 0.158. The summed E-state index contributed by atoms with van der Waals surface area (Å²) in [6.45, 7) is 3.72. The molecule has 0 atom stereocenters. The van der Waals surface area contributed by atoms with Crippen LogP contribution in [0.25, 0.3) is 10.9 Å². The predicted octanol–water partition coefficient (Wildman–Crippen LogP) is 3.41. The summed E-state index contributed by atoms with van der Waals surface area (Å²) in [6.07, 6.45) is 0. The van der Waals surface area contributed by atoms with Gasteiger partial charge in [0.15, 0.2) is 0 Å². The van der Waals surface area contributed by atoms with Crippen LogP contribution < -0.4 is 15.6 Å². The van der Waals surface area contributed by atoms with Gasteiger partial charge in [-0.25, -0.2) is 0 Å². The summed E-state index contributed by atoms with van der Waals surface area (Å²) in [5.74, 6) is 0.476. The average molecular weight is 322 g/mol. The molecule has 0 spiro atoms. The van der Waals surface area contributed by atoms with E-state index < -0.39 is 0 Å². The molecule has 0 unspecified atom stereocenters. The van der Waals surface area contributed by atoms with E-state index in [2.05, 4.69) is 10.3 Å². The van der Waals surface area contributed by atoms with Crippen LogP contribution in [0.15, 0.2) is 47.3 Å². The van der Waals surface area contributed by atoms with E-state index in [0.29, 0.717) is 28.1 Å². The van der Waals surface area contributed by atoms with Crippen molar-refractivity contribution in [3.8, 4) is 5.75 Å². The molecule has 122 valence electrons. The molecule has 0 saturated carbocycles. The molecule has 2 N–H and O–H groups in total. The van der Waals surface area contributed by atoms with Gasteiger partial charge in [-0.1, -0.05) is 6.07 Å². The van der Waals surface area contributed by atoms with E-state index in [1.807, 2.05) is 19.1 Å². The second kappa shape index (κ2) is 6.20. The Hall–Kier alpha value is -3.08. The number of aromatic nitrogens is 1. The van der Waals surface area contributed by atoms with E-state index in [9.17, 15) is 9.59 Å². The zero-order valence-electron chi connectivity index (χ0n) is 13.8. The van der Waals surface area contributed by atoms with E-state index >= 15 is 0 Å². The Labute approximate surface area is 139 Å². The molecule has 0 radical (unpaired) electrons. The van der Waals surface area contributed by atoms with Gasteiger partial charge in [-0.2, -0.15) is 0 Å². The van der Waals surface area contributed by atoms with Crippen LogP contribution >= 0.6 is 0 Å². The number of aryl methyl sites for hydroxylation is 1. The first-order valence-electron chi connectivity index (χ1n) is 7.58. The maximum absolute atomic E-state index is 12.3. The monoisotopic (exact) mass is 322 g/mol. The lowest BCUT2D eigenvalue weighted by atomic mass is 10.1. The van der Waals surface area contributed by atoms with Crippen molar-refractivity contribution in [2.75, 3.05) is 12.4 Å². The number of benzene rings is 2. The fourth-order valence-corrected chi connectivity index (χ4v) is 2.59. The third kappa shape index (κ3) is 2.88. The van der Waals surface area contributed by atoms with Gasteiger partial charge in [0.05, 0.1) is 12.6 Å². The van der Waals surface area contributed by atoms with Gasteiger partial charge in [0.25, 0.3) is 11.5 Å². The minimum Gasteiger partial charge on any atom is -0.497 e. The number of hydrogen-bond acceptors (Lipinski definition) is 3. The van der Waals surface area contributed by atoms with Crippen LogP contribution in [0.1, 0.15) is 21.5 Å². The summed E-state index contributed by atoms with van der Waals surface area (Å²) >= 11 is 0.